The molecule has 1 unspecified atom stereocenters. The average Bonchev–Trinajstić information content (AvgIpc) is 2.77. The molecule has 0 radical (unpaired) electrons. The Morgan fingerprint density at radius 1 is 1.18 bits per heavy atom. The monoisotopic (exact) mass is 308 g/mol. The van der Waals surface area contributed by atoms with Gasteiger partial charge in [-0.1, -0.05) is 34.8 Å². The first-order chi connectivity index (χ1) is 7.84. The second-order valence-corrected chi connectivity index (χ2v) is 6.19. The zero-order valence-electron chi connectivity index (χ0n) is 8.37. The van der Waals surface area contributed by atoms with E-state index in [-0.39, 0.29) is 0 Å². The Labute approximate surface area is 112 Å². The highest BCUT2D eigenvalue weighted by molar-refractivity contribution is 6.67. The van der Waals surface area contributed by atoms with E-state index in [9.17, 15) is 10.2 Å². The highest BCUT2D eigenvalue weighted by Gasteiger charge is 2.57. The van der Waals surface area contributed by atoms with Crippen LogP contribution in [-0.2, 0) is 14.2 Å². The molecular formula is C8H11Cl3O6. The predicted molar refractivity (Wildman–Crippen MR) is 57.8 cm³/mol. The van der Waals surface area contributed by atoms with Crippen LogP contribution < -0.4 is 0 Å². The summed E-state index contributed by atoms with van der Waals surface area (Å²) in [5.74, 6) is 0. The molecule has 9 heteroatoms. The Hall–Kier alpha value is 0.630. The first kappa shape index (κ1) is 14.0. The number of ether oxygens (including phenoxy) is 3. The summed E-state index contributed by atoms with van der Waals surface area (Å²) < 4.78 is 13.8. The highest BCUT2D eigenvalue weighted by atomic mass is 35.6. The molecule has 2 saturated heterocycles. The lowest BCUT2D eigenvalue weighted by Gasteiger charge is -2.24. The lowest BCUT2D eigenvalue weighted by atomic mass is 10.1. The van der Waals surface area contributed by atoms with Crippen LogP contribution in [0.4, 0.5) is 0 Å². The van der Waals surface area contributed by atoms with Crippen LogP contribution in [0.2, 0.25) is 0 Å². The molecule has 2 aliphatic rings. The summed E-state index contributed by atoms with van der Waals surface area (Å²) in [6.45, 7) is -0.547. The molecule has 0 aromatic heterocycles. The number of fused-ring (bicyclic) bond motifs is 1. The van der Waals surface area contributed by atoms with Crippen molar-refractivity contribution in [3.05, 3.63) is 0 Å². The molecule has 2 rings (SSSR count). The van der Waals surface area contributed by atoms with Crippen molar-refractivity contribution in [1.82, 2.24) is 0 Å². The van der Waals surface area contributed by atoms with Crippen molar-refractivity contribution in [2.45, 2.75) is 40.8 Å². The molecule has 0 saturated carbocycles. The number of hydrogen-bond acceptors (Lipinski definition) is 6. The first-order valence-corrected chi connectivity index (χ1v) is 5.98. The third kappa shape index (κ3) is 2.65. The maximum Gasteiger partial charge on any atom is 0.241 e. The van der Waals surface area contributed by atoms with E-state index in [1.165, 1.54) is 0 Å². The second-order valence-electron chi connectivity index (χ2n) is 3.82. The van der Waals surface area contributed by atoms with E-state index >= 15 is 0 Å². The van der Waals surface area contributed by atoms with Gasteiger partial charge < -0.3 is 29.5 Å². The smallest absolute Gasteiger partial charge is 0.241 e. The van der Waals surface area contributed by atoms with E-state index in [0.717, 1.165) is 0 Å². The van der Waals surface area contributed by atoms with Gasteiger partial charge in [-0.3, -0.25) is 0 Å². The Morgan fingerprint density at radius 2 is 1.82 bits per heavy atom. The normalized spacial score (nSPS) is 43.8. The molecule has 6 nitrogen and oxygen atoms in total. The van der Waals surface area contributed by atoms with Crippen molar-refractivity contribution < 1.29 is 29.5 Å². The number of hydrogen-bond donors (Lipinski definition) is 3. The van der Waals surface area contributed by atoms with E-state index in [0.29, 0.717) is 0 Å². The fourth-order valence-corrected chi connectivity index (χ4v) is 2.10. The van der Waals surface area contributed by atoms with Crippen molar-refractivity contribution in [2.24, 2.45) is 0 Å². The third-order valence-corrected chi connectivity index (χ3v) is 3.14. The van der Waals surface area contributed by atoms with E-state index < -0.39 is 47.4 Å². The molecule has 2 heterocycles. The summed E-state index contributed by atoms with van der Waals surface area (Å²) in [5.41, 5.74) is 0. The minimum Gasteiger partial charge on any atom is -0.394 e. The molecule has 17 heavy (non-hydrogen) atoms. The van der Waals surface area contributed by atoms with E-state index in [2.05, 4.69) is 0 Å². The van der Waals surface area contributed by atoms with Crippen molar-refractivity contribution >= 4 is 34.8 Å². The summed E-state index contributed by atoms with van der Waals surface area (Å²) in [6.07, 6.45) is -6.33. The standard InChI is InChI=1S/C8H11Cl3O6/c9-8(10,11)7-16-5-3(14)4(2(13)1-12)15-6(5)17-7/h2-7,12-14H,1H2/t2-,3+,4-,5+,6+,7?/m1/s1. The van der Waals surface area contributed by atoms with Crippen molar-refractivity contribution in [3.8, 4) is 0 Å². The lowest BCUT2D eigenvalue weighted by Crippen LogP contribution is -2.42. The maximum atomic E-state index is 9.81. The van der Waals surface area contributed by atoms with Gasteiger partial charge in [0.2, 0.25) is 10.1 Å². The minimum absolute atomic E-state index is 0.547. The summed E-state index contributed by atoms with van der Waals surface area (Å²) >= 11 is 16.7. The van der Waals surface area contributed by atoms with Crippen LogP contribution in [-0.4, -0.2) is 62.7 Å². The van der Waals surface area contributed by atoms with Gasteiger partial charge in [0.1, 0.15) is 24.4 Å². The Balaban J connectivity index is 2.01. The molecule has 0 spiro atoms. The number of aliphatic hydroxyl groups excluding tert-OH is 3. The van der Waals surface area contributed by atoms with E-state index in [1.807, 2.05) is 0 Å². The van der Waals surface area contributed by atoms with Crippen molar-refractivity contribution in [1.29, 1.82) is 0 Å². The van der Waals surface area contributed by atoms with Gasteiger partial charge in [0.15, 0.2) is 6.29 Å². The van der Waals surface area contributed by atoms with Gasteiger partial charge in [0.25, 0.3) is 0 Å². The summed E-state index contributed by atoms with van der Waals surface area (Å²) in [6, 6.07) is 0. The van der Waals surface area contributed by atoms with Crippen LogP contribution in [0.5, 0.6) is 0 Å². The zero-order valence-corrected chi connectivity index (χ0v) is 10.6. The van der Waals surface area contributed by atoms with Crippen LogP contribution in [0.25, 0.3) is 0 Å². The summed E-state index contributed by atoms with van der Waals surface area (Å²) in [4.78, 5) is 0. The molecule has 0 aromatic rings. The quantitative estimate of drug-likeness (QED) is 0.598. The Morgan fingerprint density at radius 3 is 2.29 bits per heavy atom. The molecule has 2 aliphatic heterocycles. The highest BCUT2D eigenvalue weighted by Crippen LogP contribution is 2.42. The summed E-state index contributed by atoms with van der Waals surface area (Å²) in [7, 11) is 0. The molecule has 0 amide bonds. The zero-order chi connectivity index (χ0) is 12.8. The fraction of sp³-hybridized carbons (Fsp3) is 1.00. The molecule has 2 fully saturated rings. The van der Waals surface area contributed by atoms with Crippen LogP contribution in [0, 0.1) is 0 Å². The van der Waals surface area contributed by atoms with Gasteiger partial charge in [-0.05, 0) is 0 Å². The third-order valence-electron chi connectivity index (χ3n) is 2.60. The molecule has 6 atom stereocenters. The van der Waals surface area contributed by atoms with E-state index in [4.69, 9.17) is 54.1 Å². The van der Waals surface area contributed by atoms with Gasteiger partial charge in [-0.25, -0.2) is 0 Å². The van der Waals surface area contributed by atoms with Crippen LogP contribution in [0.15, 0.2) is 0 Å². The number of alkyl halides is 3. The maximum absolute atomic E-state index is 9.81. The molecule has 0 bridgehead atoms. The van der Waals surface area contributed by atoms with Gasteiger partial charge in [-0.2, -0.15) is 0 Å². The lowest BCUT2D eigenvalue weighted by molar-refractivity contribution is -0.188. The Kier molecular flexibility index (Phi) is 4.10. The van der Waals surface area contributed by atoms with Gasteiger partial charge in [-0.15, -0.1) is 0 Å². The van der Waals surface area contributed by atoms with Crippen LogP contribution in [0.3, 0.4) is 0 Å². The fourth-order valence-electron chi connectivity index (χ4n) is 1.79. The van der Waals surface area contributed by atoms with Crippen LogP contribution >= 0.6 is 34.8 Å². The number of halogens is 3. The predicted octanol–water partition coefficient (Wildman–Crippen LogP) is -0.463. The molecule has 0 aromatic carbocycles. The molecule has 3 N–H and O–H groups in total. The number of aliphatic hydroxyl groups is 3. The molecular weight excluding hydrogens is 298 g/mol. The topological polar surface area (TPSA) is 88.4 Å². The Bertz CT molecular complexity index is 285. The largest absolute Gasteiger partial charge is 0.394 e. The summed E-state index contributed by atoms with van der Waals surface area (Å²) in [5, 5.41) is 28.0. The molecule has 100 valence electrons. The van der Waals surface area contributed by atoms with Crippen molar-refractivity contribution in [3.63, 3.8) is 0 Å². The van der Waals surface area contributed by atoms with Gasteiger partial charge in [0, 0.05) is 0 Å². The van der Waals surface area contributed by atoms with E-state index in [1.54, 1.807) is 0 Å². The number of rotatable bonds is 2. The first-order valence-electron chi connectivity index (χ1n) is 4.84. The van der Waals surface area contributed by atoms with Crippen molar-refractivity contribution in [2.75, 3.05) is 6.61 Å². The van der Waals surface area contributed by atoms with Crippen LogP contribution in [0.1, 0.15) is 0 Å². The molecule has 0 aliphatic carbocycles. The average molecular weight is 310 g/mol. The van der Waals surface area contributed by atoms with Gasteiger partial charge in [0.05, 0.1) is 6.61 Å². The second kappa shape index (κ2) is 4.96. The van der Waals surface area contributed by atoms with Gasteiger partial charge >= 0.3 is 0 Å². The minimum atomic E-state index is -1.79. The SMILES string of the molecule is OC[C@@H](O)[C@H]1O[C@H]2OC(C(Cl)(Cl)Cl)O[C@H]2[C@H]1O.